The van der Waals surface area contributed by atoms with E-state index >= 15 is 0 Å². The summed E-state index contributed by atoms with van der Waals surface area (Å²) in [5.41, 5.74) is 1.33. The van der Waals surface area contributed by atoms with Crippen molar-refractivity contribution in [1.82, 2.24) is 25.5 Å². The van der Waals surface area contributed by atoms with Crippen LogP contribution < -0.4 is 0 Å². The number of hydrogen-bond donors (Lipinski definition) is 2. The lowest BCUT2D eigenvalue weighted by atomic mass is 10.1. The third-order valence-corrected chi connectivity index (χ3v) is 3.82. The molecule has 1 atom stereocenters. The van der Waals surface area contributed by atoms with E-state index in [4.69, 9.17) is 0 Å². The van der Waals surface area contributed by atoms with Gasteiger partial charge in [-0.05, 0) is 31.4 Å². The molecule has 2 N–H and O–H groups in total. The summed E-state index contributed by atoms with van der Waals surface area (Å²) in [4.78, 5) is 14.3. The average Bonchev–Trinajstić information content (AvgIpc) is 3.13. The summed E-state index contributed by atoms with van der Waals surface area (Å²) in [5.74, 6) is 0.922. The number of hydrogen-bond acceptors (Lipinski definition) is 5. The van der Waals surface area contributed by atoms with E-state index in [2.05, 4.69) is 20.6 Å². The van der Waals surface area contributed by atoms with Gasteiger partial charge < -0.3 is 10.0 Å². The van der Waals surface area contributed by atoms with Gasteiger partial charge in [-0.2, -0.15) is 5.21 Å². The number of likely N-dealkylation sites (tertiary alicyclic amines) is 1. The van der Waals surface area contributed by atoms with Crippen LogP contribution in [-0.2, 0) is 6.42 Å². The Hall–Kier alpha value is -2.44. The van der Waals surface area contributed by atoms with Gasteiger partial charge in [-0.15, -0.1) is 10.2 Å². The molecule has 21 heavy (non-hydrogen) atoms. The maximum absolute atomic E-state index is 12.5. The Bertz CT molecular complexity index is 641. The second-order valence-corrected chi connectivity index (χ2v) is 5.46. The Morgan fingerprint density at radius 3 is 3.14 bits per heavy atom. The smallest absolute Gasteiger partial charge is 0.257 e. The van der Waals surface area contributed by atoms with Crippen molar-refractivity contribution in [1.29, 1.82) is 0 Å². The highest BCUT2D eigenvalue weighted by molar-refractivity contribution is 5.97. The number of carbonyl (C=O) groups is 1. The second kappa shape index (κ2) is 5.51. The fraction of sp³-hybridized carbons (Fsp3) is 0.429. The standard InChI is InChI=1S/C14H17N5O2/c1-9-2-3-12(20)11(6-9)14(21)19-5-4-10(8-19)7-13-15-17-18-16-13/h2-3,6,10,20H,4-5,7-8H2,1H3,(H,15,16,17,18). The van der Waals surface area contributed by atoms with Crippen LogP contribution in [0.3, 0.4) is 0 Å². The molecule has 1 aliphatic heterocycles. The van der Waals surface area contributed by atoms with E-state index in [1.54, 1.807) is 23.1 Å². The number of H-pyrrole nitrogens is 1. The van der Waals surface area contributed by atoms with E-state index in [0.717, 1.165) is 12.0 Å². The van der Waals surface area contributed by atoms with Gasteiger partial charge in [-0.1, -0.05) is 16.8 Å². The number of tetrazole rings is 1. The van der Waals surface area contributed by atoms with Crippen molar-refractivity contribution in [3.8, 4) is 5.75 Å². The number of amides is 1. The number of phenols is 1. The molecular weight excluding hydrogens is 270 g/mol. The van der Waals surface area contributed by atoms with E-state index in [0.29, 0.717) is 36.8 Å². The summed E-state index contributed by atoms with van der Waals surface area (Å²) >= 11 is 0. The predicted octanol–water partition coefficient (Wildman–Crippen LogP) is 0.919. The molecule has 0 bridgehead atoms. The van der Waals surface area contributed by atoms with E-state index in [1.807, 2.05) is 6.92 Å². The molecule has 1 amide bonds. The van der Waals surface area contributed by atoms with Crippen LogP contribution in [0.5, 0.6) is 5.75 Å². The van der Waals surface area contributed by atoms with Crippen LogP contribution in [0.2, 0.25) is 0 Å². The van der Waals surface area contributed by atoms with Crippen LogP contribution >= 0.6 is 0 Å². The molecule has 0 spiro atoms. The van der Waals surface area contributed by atoms with Gasteiger partial charge in [0.1, 0.15) is 5.75 Å². The molecule has 2 heterocycles. The third-order valence-electron chi connectivity index (χ3n) is 3.82. The summed E-state index contributed by atoms with van der Waals surface area (Å²) < 4.78 is 0. The Kier molecular flexibility index (Phi) is 3.55. The number of aryl methyl sites for hydroxylation is 1. The highest BCUT2D eigenvalue weighted by Gasteiger charge is 2.29. The van der Waals surface area contributed by atoms with Crippen LogP contribution in [-0.4, -0.2) is 49.6 Å². The molecule has 1 aromatic heterocycles. The highest BCUT2D eigenvalue weighted by Crippen LogP contribution is 2.25. The van der Waals surface area contributed by atoms with Crippen LogP contribution in [0.4, 0.5) is 0 Å². The molecule has 1 aromatic carbocycles. The van der Waals surface area contributed by atoms with E-state index in [-0.39, 0.29) is 11.7 Å². The molecule has 7 heteroatoms. The lowest BCUT2D eigenvalue weighted by Gasteiger charge is -2.17. The summed E-state index contributed by atoms with van der Waals surface area (Å²) in [6, 6.07) is 5.08. The van der Waals surface area contributed by atoms with E-state index in [9.17, 15) is 9.90 Å². The maximum atomic E-state index is 12.5. The Morgan fingerprint density at radius 2 is 2.38 bits per heavy atom. The zero-order chi connectivity index (χ0) is 14.8. The number of nitrogens with zero attached hydrogens (tertiary/aromatic N) is 4. The van der Waals surface area contributed by atoms with E-state index in [1.165, 1.54) is 0 Å². The van der Waals surface area contributed by atoms with Crippen LogP contribution in [0, 0.1) is 12.8 Å². The Labute approximate surface area is 122 Å². The zero-order valence-corrected chi connectivity index (χ0v) is 11.8. The maximum Gasteiger partial charge on any atom is 0.257 e. The van der Waals surface area contributed by atoms with Crippen molar-refractivity contribution in [2.45, 2.75) is 19.8 Å². The minimum Gasteiger partial charge on any atom is -0.507 e. The summed E-state index contributed by atoms with van der Waals surface area (Å²) in [6.07, 6.45) is 1.62. The molecule has 1 unspecified atom stereocenters. The second-order valence-electron chi connectivity index (χ2n) is 5.46. The molecule has 0 saturated carbocycles. The number of aromatic hydroxyl groups is 1. The molecule has 2 aromatic rings. The zero-order valence-electron chi connectivity index (χ0n) is 11.8. The van der Waals surface area contributed by atoms with Crippen molar-refractivity contribution >= 4 is 5.91 Å². The largest absolute Gasteiger partial charge is 0.507 e. The third kappa shape index (κ3) is 2.86. The number of carbonyl (C=O) groups excluding carboxylic acids is 1. The monoisotopic (exact) mass is 287 g/mol. The van der Waals surface area contributed by atoms with Gasteiger partial charge in [0.15, 0.2) is 5.82 Å². The van der Waals surface area contributed by atoms with E-state index < -0.39 is 0 Å². The molecule has 7 nitrogen and oxygen atoms in total. The molecule has 1 saturated heterocycles. The van der Waals surface area contributed by atoms with Crippen LogP contribution in [0.25, 0.3) is 0 Å². The van der Waals surface area contributed by atoms with Gasteiger partial charge in [0.2, 0.25) is 0 Å². The van der Waals surface area contributed by atoms with Gasteiger partial charge in [-0.25, -0.2) is 0 Å². The first-order chi connectivity index (χ1) is 10.1. The van der Waals surface area contributed by atoms with Gasteiger partial charge in [-0.3, -0.25) is 4.79 Å². The van der Waals surface area contributed by atoms with Crippen molar-refractivity contribution in [2.24, 2.45) is 5.92 Å². The number of aromatic nitrogens is 4. The lowest BCUT2D eigenvalue weighted by Crippen LogP contribution is -2.29. The Balaban J connectivity index is 1.68. The fourth-order valence-corrected chi connectivity index (χ4v) is 2.70. The van der Waals surface area contributed by atoms with Crippen molar-refractivity contribution in [3.63, 3.8) is 0 Å². The predicted molar refractivity (Wildman–Crippen MR) is 74.7 cm³/mol. The first-order valence-electron chi connectivity index (χ1n) is 6.94. The summed E-state index contributed by atoms with van der Waals surface area (Å²) in [6.45, 7) is 3.24. The van der Waals surface area contributed by atoms with Gasteiger partial charge in [0.05, 0.1) is 5.56 Å². The molecule has 0 radical (unpaired) electrons. The highest BCUT2D eigenvalue weighted by atomic mass is 16.3. The number of rotatable bonds is 3. The molecule has 0 aliphatic carbocycles. The number of nitrogens with one attached hydrogen (secondary N) is 1. The Morgan fingerprint density at radius 1 is 1.52 bits per heavy atom. The summed E-state index contributed by atoms with van der Waals surface area (Å²) in [7, 11) is 0. The fourth-order valence-electron chi connectivity index (χ4n) is 2.70. The van der Waals surface area contributed by atoms with Gasteiger partial charge in [0.25, 0.3) is 5.91 Å². The summed E-state index contributed by atoms with van der Waals surface area (Å²) in [5, 5.41) is 23.7. The molecule has 3 rings (SSSR count). The quantitative estimate of drug-likeness (QED) is 0.875. The number of aromatic amines is 1. The van der Waals surface area contributed by atoms with Crippen molar-refractivity contribution < 1.29 is 9.90 Å². The lowest BCUT2D eigenvalue weighted by molar-refractivity contribution is 0.0784. The van der Waals surface area contributed by atoms with Crippen molar-refractivity contribution in [3.05, 3.63) is 35.2 Å². The number of phenolic OH excluding ortho intramolecular Hbond substituents is 1. The van der Waals surface area contributed by atoms with Crippen LogP contribution in [0.15, 0.2) is 18.2 Å². The average molecular weight is 287 g/mol. The minimum atomic E-state index is -0.119. The SMILES string of the molecule is Cc1ccc(O)c(C(=O)N2CCC(Cc3nn[nH]n3)C2)c1. The van der Waals surface area contributed by atoms with Gasteiger partial charge in [0, 0.05) is 19.5 Å². The molecule has 1 aliphatic rings. The normalized spacial score (nSPS) is 18.1. The molecule has 110 valence electrons. The molecular formula is C14H17N5O2. The topological polar surface area (TPSA) is 95.0 Å². The minimum absolute atomic E-state index is 0.0345. The molecule has 1 fully saturated rings. The van der Waals surface area contributed by atoms with Gasteiger partial charge >= 0.3 is 0 Å². The number of benzene rings is 1. The first kappa shape index (κ1) is 13.5. The first-order valence-corrected chi connectivity index (χ1v) is 6.94. The van der Waals surface area contributed by atoms with Crippen LogP contribution in [0.1, 0.15) is 28.2 Å². The van der Waals surface area contributed by atoms with Crippen molar-refractivity contribution in [2.75, 3.05) is 13.1 Å².